The molecule has 1 unspecified atom stereocenters. The first kappa shape index (κ1) is 32.7. The molecule has 4 atom stereocenters. The van der Waals surface area contributed by atoms with Crippen LogP contribution in [0.1, 0.15) is 23.3 Å². The molecule has 1 amide bonds. The molecule has 1 aromatic carbocycles. The van der Waals surface area contributed by atoms with Crippen LogP contribution in [-0.2, 0) is 27.3 Å². The van der Waals surface area contributed by atoms with E-state index >= 15 is 0 Å². The highest BCUT2D eigenvalue weighted by Gasteiger charge is 2.64. The third kappa shape index (κ3) is 5.11. The second-order valence-electron chi connectivity index (χ2n) is 13.0. The molecule has 2 fully saturated rings. The molecule has 0 bridgehead atoms. The maximum absolute atomic E-state index is 14.2. The highest BCUT2D eigenvalue weighted by Crippen LogP contribution is 2.54. The first-order chi connectivity index (χ1) is 22.3. The standard InChI is InChI=1S/C33H41N5O9/c1-35-21-14-19(22-5-4-17(47-22)15-38-8-6-37(7-9-38)10-11-39)27(40)24-18(21)12-16-13-20-26(36(2)3)29(42)25(32(34)45)31(44)33(20,46)30(43)23(16)28(24)41/h4-5,14,16,20,26,35,39-41,44,46H,6-13,15H2,1-3H3,(H2,34,45)/t16-,20-,26?,33-/m0/s1. The van der Waals surface area contributed by atoms with Crippen molar-refractivity contribution < 1.29 is 44.3 Å². The molecule has 14 nitrogen and oxygen atoms in total. The van der Waals surface area contributed by atoms with Crippen LogP contribution in [0.15, 0.2) is 39.5 Å². The zero-order chi connectivity index (χ0) is 33.9. The lowest BCUT2D eigenvalue weighted by Gasteiger charge is -2.50. The normalized spacial score (nSPS) is 26.8. The maximum Gasteiger partial charge on any atom is 0.255 e. The molecule has 2 aromatic rings. The van der Waals surface area contributed by atoms with Gasteiger partial charge in [0.1, 0.15) is 34.4 Å². The van der Waals surface area contributed by atoms with Crippen molar-refractivity contribution in [3.05, 3.63) is 52.0 Å². The van der Waals surface area contributed by atoms with Crippen LogP contribution < -0.4 is 11.1 Å². The van der Waals surface area contributed by atoms with E-state index in [4.69, 9.17) is 10.2 Å². The number of aliphatic hydroxyl groups is 4. The van der Waals surface area contributed by atoms with Crippen molar-refractivity contribution >= 4 is 28.9 Å². The van der Waals surface area contributed by atoms with Crippen molar-refractivity contribution in [1.29, 1.82) is 0 Å². The second-order valence-corrected chi connectivity index (χ2v) is 13.0. The Balaban J connectivity index is 1.39. The fraction of sp³-hybridized carbons (Fsp3) is 0.485. The lowest BCUT2D eigenvalue weighted by molar-refractivity contribution is -0.153. The Hall–Kier alpha value is -4.21. The monoisotopic (exact) mass is 651 g/mol. The van der Waals surface area contributed by atoms with Crippen LogP contribution in [0.5, 0.6) is 5.75 Å². The molecule has 0 spiro atoms. The summed E-state index contributed by atoms with van der Waals surface area (Å²) < 4.78 is 6.15. The maximum atomic E-state index is 14.2. The zero-order valence-corrected chi connectivity index (χ0v) is 26.6. The Labute approximate surface area is 271 Å². The number of rotatable bonds is 8. The first-order valence-electron chi connectivity index (χ1n) is 15.7. The van der Waals surface area contributed by atoms with Crippen molar-refractivity contribution in [1.82, 2.24) is 14.7 Å². The summed E-state index contributed by atoms with van der Waals surface area (Å²) in [4.78, 5) is 45.6. The van der Waals surface area contributed by atoms with E-state index in [-0.39, 0.29) is 41.9 Å². The summed E-state index contributed by atoms with van der Waals surface area (Å²) in [5.74, 6) is -5.97. The number of nitrogens with one attached hydrogen (secondary N) is 1. The number of fused-ring (bicyclic) bond motifs is 3. The summed E-state index contributed by atoms with van der Waals surface area (Å²) in [5, 5.41) is 58.6. The van der Waals surface area contributed by atoms with Crippen molar-refractivity contribution in [2.75, 3.05) is 65.8 Å². The first-order valence-corrected chi connectivity index (χ1v) is 15.7. The predicted molar refractivity (Wildman–Crippen MR) is 170 cm³/mol. The van der Waals surface area contributed by atoms with E-state index in [1.54, 1.807) is 33.3 Å². The van der Waals surface area contributed by atoms with Gasteiger partial charge in [0.05, 0.1) is 30.3 Å². The molecule has 8 N–H and O–H groups in total. The largest absolute Gasteiger partial charge is 0.508 e. The third-order valence-electron chi connectivity index (χ3n) is 10.2. The van der Waals surface area contributed by atoms with E-state index in [2.05, 4.69) is 15.1 Å². The number of furan rings is 1. The van der Waals surface area contributed by atoms with Crippen LogP contribution >= 0.6 is 0 Å². The molecule has 14 heteroatoms. The highest BCUT2D eigenvalue weighted by atomic mass is 16.4. The number of aromatic hydroxyl groups is 1. The van der Waals surface area contributed by atoms with E-state index in [9.17, 15) is 39.9 Å². The van der Waals surface area contributed by atoms with Crippen LogP contribution in [0.4, 0.5) is 5.69 Å². The lowest BCUT2D eigenvalue weighted by atomic mass is 9.57. The van der Waals surface area contributed by atoms with Gasteiger partial charge in [0.25, 0.3) is 5.91 Å². The molecular weight excluding hydrogens is 610 g/mol. The number of likely N-dealkylation sites (N-methyl/N-ethyl adjacent to an activating group) is 1. The Kier molecular flexibility index (Phi) is 8.43. The number of nitrogens with zero attached hydrogens (tertiary/aromatic N) is 3. The molecule has 1 aromatic heterocycles. The van der Waals surface area contributed by atoms with E-state index < -0.39 is 58.0 Å². The second kappa shape index (κ2) is 12.1. The average molecular weight is 652 g/mol. The smallest absolute Gasteiger partial charge is 0.255 e. The summed E-state index contributed by atoms with van der Waals surface area (Å²) in [6.07, 6.45) is 0.178. The number of anilines is 1. The topological polar surface area (TPSA) is 213 Å². The number of amides is 1. The van der Waals surface area contributed by atoms with Gasteiger partial charge in [-0.25, -0.2) is 0 Å². The van der Waals surface area contributed by atoms with E-state index in [0.29, 0.717) is 35.9 Å². The summed E-state index contributed by atoms with van der Waals surface area (Å²) in [5.41, 5.74) is 3.01. The van der Waals surface area contributed by atoms with Gasteiger partial charge in [-0.05, 0) is 56.6 Å². The quantitative estimate of drug-likeness (QED) is 0.152. The van der Waals surface area contributed by atoms with Gasteiger partial charge in [0, 0.05) is 56.9 Å². The number of hydrogen-bond acceptors (Lipinski definition) is 13. The number of phenolic OH excluding ortho intramolecular Hbond substituents is 1. The molecule has 4 aliphatic rings. The Morgan fingerprint density at radius 2 is 1.81 bits per heavy atom. The Morgan fingerprint density at radius 1 is 1.13 bits per heavy atom. The van der Waals surface area contributed by atoms with Crippen LogP contribution in [0.2, 0.25) is 0 Å². The van der Waals surface area contributed by atoms with Crippen LogP contribution in [0.3, 0.4) is 0 Å². The average Bonchev–Trinajstić information content (AvgIpc) is 3.48. The van der Waals surface area contributed by atoms with E-state index in [1.165, 1.54) is 4.90 Å². The molecule has 1 aliphatic heterocycles. The number of nitrogens with two attached hydrogens (primary N) is 1. The number of benzene rings is 1. The Bertz CT molecular complexity index is 1700. The molecule has 1 saturated carbocycles. The summed E-state index contributed by atoms with van der Waals surface area (Å²) in [6, 6.07) is 4.11. The van der Waals surface area contributed by atoms with Crippen molar-refractivity contribution in [3.63, 3.8) is 0 Å². The molecule has 6 rings (SSSR count). The van der Waals surface area contributed by atoms with Gasteiger partial charge in [0.15, 0.2) is 11.4 Å². The minimum absolute atomic E-state index is 0.00718. The summed E-state index contributed by atoms with van der Waals surface area (Å²) >= 11 is 0. The molecular formula is C33H41N5O9. The summed E-state index contributed by atoms with van der Waals surface area (Å²) in [7, 11) is 4.81. The number of carbonyl (C=O) groups excluding carboxylic acids is 3. The number of aliphatic hydroxyl groups excluding tert-OH is 3. The highest BCUT2D eigenvalue weighted by molar-refractivity contribution is 6.24. The Morgan fingerprint density at radius 3 is 2.43 bits per heavy atom. The number of β-amino-alcohol motifs (C(OH)–C–C–N with tert-alkyl or cyclic N) is 1. The van der Waals surface area contributed by atoms with Gasteiger partial charge in [-0.15, -0.1) is 0 Å². The number of hydrogen-bond donors (Lipinski definition) is 7. The van der Waals surface area contributed by atoms with Gasteiger partial charge in [-0.1, -0.05) is 0 Å². The molecule has 1 saturated heterocycles. The molecule has 3 aliphatic carbocycles. The number of piperazine rings is 1. The number of ketones is 2. The number of primary amides is 1. The van der Waals surface area contributed by atoms with Gasteiger partial charge in [-0.2, -0.15) is 0 Å². The van der Waals surface area contributed by atoms with Crippen molar-refractivity contribution in [2.24, 2.45) is 17.6 Å². The number of carbonyl (C=O) groups is 3. The summed E-state index contributed by atoms with van der Waals surface area (Å²) in [6.45, 7) is 4.59. The van der Waals surface area contributed by atoms with Crippen LogP contribution in [-0.4, -0.2) is 130 Å². The van der Waals surface area contributed by atoms with Gasteiger partial charge in [0.2, 0.25) is 5.78 Å². The molecule has 252 valence electrons. The number of Topliss-reactive ketones (excluding diaryl/α,β-unsaturated/α-hetero) is 2. The number of phenols is 1. The van der Waals surface area contributed by atoms with Crippen molar-refractivity contribution in [2.45, 2.75) is 31.0 Å². The van der Waals surface area contributed by atoms with Gasteiger partial charge >= 0.3 is 0 Å². The third-order valence-corrected chi connectivity index (χ3v) is 10.2. The van der Waals surface area contributed by atoms with Gasteiger partial charge in [-0.3, -0.25) is 29.1 Å². The van der Waals surface area contributed by atoms with Crippen LogP contribution in [0, 0.1) is 11.8 Å². The minimum Gasteiger partial charge on any atom is -0.508 e. The van der Waals surface area contributed by atoms with E-state index in [1.807, 2.05) is 6.07 Å². The van der Waals surface area contributed by atoms with Crippen LogP contribution in [0.25, 0.3) is 17.1 Å². The predicted octanol–water partition coefficient (Wildman–Crippen LogP) is 0.376. The SMILES string of the molecule is CNc1cc(-c2ccc(CN3CCN(CCO)CC3)o2)c(O)c2c1C[C@H]1C[C@H]3C(N(C)C)C(=O)C(C(N)=O)=C(O)[C@@]3(O)C(=O)C1=C2O. The lowest BCUT2D eigenvalue weighted by Crippen LogP contribution is -2.65. The molecule has 0 radical (unpaired) electrons. The van der Waals surface area contributed by atoms with E-state index in [0.717, 1.165) is 26.2 Å². The fourth-order valence-electron chi connectivity index (χ4n) is 7.86. The fourth-order valence-corrected chi connectivity index (χ4v) is 7.86. The van der Waals surface area contributed by atoms with Crippen molar-refractivity contribution in [3.8, 4) is 17.1 Å². The molecule has 2 heterocycles. The minimum atomic E-state index is -2.71. The molecule has 47 heavy (non-hydrogen) atoms. The zero-order valence-electron chi connectivity index (χ0n) is 26.6. The van der Waals surface area contributed by atoms with Gasteiger partial charge < -0.3 is 41.0 Å².